The monoisotopic (exact) mass is 197 g/mol. The first kappa shape index (κ1) is 10.8. The van der Waals surface area contributed by atoms with Crippen LogP contribution in [-0.2, 0) is 0 Å². The van der Waals surface area contributed by atoms with Crippen molar-refractivity contribution in [1.29, 1.82) is 0 Å². The van der Waals surface area contributed by atoms with Crippen LogP contribution in [0.5, 0.6) is 11.5 Å². The van der Waals surface area contributed by atoms with Crippen molar-refractivity contribution >= 4 is 0 Å². The summed E-state index contributed by atoms with van der Waals surface area (Å²) >= 11 is 0. The van der Waals surface area contributed by atoms with Gasteiger partial charge in [-0.05, 0) is 6.07 Å². The Hall–Kier alpha value is -1.26. The number of nitrogens with two attached hydrogens (primary N) is 1. The molecule has 1 atom stereocenters. The zero-order chi connectivity index (χ0) is 10.6. The number of para-hydroxylation sites is 1. The van der Waals surface area contributed by atoms with Crippen molar-refractivity contribution in [2.24, 2.45) is 5.73 Å². The third-order valence-corrected chi connectivity index (χ3v) is 2.03. The maximum absolute atomic E-state index is 8.95. The van der Waals surface area contributed by atoms with Gasteiger partial charge in [-0.1, -0.05) is 12.1 Å². The van der Waals surface area contributed by atoms with Crippen molar-refractivity contribution in [3.63, 3.8) is 0 Å². The number of benzene rings is 1. The molecule has 0 radical (unpaired) electrons. The highest BCUT2D eigenvalue weighted by Gasteiger charge is 2.14. The van der Waals surface area contributed by atoms with Crippen molar-refractivity contribution in [1.82, 2.24) is 0 Å². The SMILES string of the molecule is COc1cccc([C@@H](N)CO)c1OC. The van der Waals surface area contributed by atoms with E-state index in [4.69, 9.17) is 20.3 Å². The summed E-state index contributed by atoms with van der Waals surface area (Å²) < 4.78 is 10.3. The van der Waals surface area contributed by atoms with Gasteiger partial charge in [0.2, 0.25) is 0 Å². The molecule has 14 heavy (non-hydrogen) atoms. The van der Waals surface area contributed by atoms with Crippen molar-refractivity contribution in [3.05, 3.63) is 23.8 Å². The number of methoxy groups -OCH3 is 2. The smallest absolute Gasteiger partial charge is 0.165 e. The number of aliphatic hydroxyl groups excluding tert-OH is 1. The van der Waals surface area contributed by atoms with E-state index in [0.29, 0.717) is 11.5 Å². The third kappa shape index (κ3) is 1.97. The van der Waals surface area contributed by atoms with Crippen LogP contribution >= 0.6 is 0 Å². The zero-order valence-corrected chi connectivity index (χ0v) is 8.36. The summed E-state index contributed by atoms with van der Waals surface area (Å²) in [5.74, 6) is 1.20. The summed E-state index contributed by atoms with van der Waals surface area (Å²) in [7, 11) is 3.11. The Kier molecular flexibility index (Phi) is 3.73. The van der Waals surface area contributed by atoms with Crippen molar-refractivity contribution in [2.75, 3.05) is 20.8 Å². The molecule has 78 valence electrons. The minimum atomic E-state index is -0.444. The van der Waals surface area contributed by atoms with Crippen LogP contribution in [0.3, 0.4) is 0 Å². The molecule has 4 nitrogen and oxygen atoms in total. The van der Waals surface area contributed by atoms with E-state index < -0.39 is 6.04 Å². The maximum Gasteiger partial charge on any atom is 0.165 e. The standard InChI is InChI=1S/C10H15NO3/c1-13-9-5-3-4-7(8(11)6-12)10(9)14-2/h3-5,8,12H,6,11H2,1-2H3/t8-/m0/s1. The van der Waals surface area contributed by atoms with Crippen LogP contribution in [0.25, 0.3) is 0 Å². The molecule has 0 spiro atoms. The molecule has 0 aliphatic carbocycles. The Balaban J connectivity index is 3.14. The van der Waals surface area contributed by atoms with Crippen LogP contribution in [0.2, 0.25) is 0 Å². The molecule has 0 bridgehead atoms. The van der Waals surface area contributed by atoms with E-state index in [-0.39, 0.29) is 6.61 Å². The molecule has 0 fully saturated rings. The molecule has 0 unspecified atom stereocenters. The molecule has 1 aromatic rings. The highest BCUT2D eigenvalue weighted by molar-refractivity contribution is 5.47. The summed E-state index contributed by atoms with van der Waals surface area (Å²) in [6, 6.07) is 4.96. The Morgan fingerprint density at radius 2 is 2.07 bits per heavy atom. The molecule has 3 N–H and O–H groups in total. The van der Waals surface area contributed by atoms with Crippen molar-refractivity contribution in [3.8, 4) is 11.5 Å². The minimum Gasteiger partial charge on any atom is -0.493 e. The van der Waals surface area contributed by atoms with E-state index in [2.05, 4.69) is 0 Å². The lowest BCUT2D eigenvalue weighted by Gasteiger charge is -2.15. The van der Waals surface area contributed by atoms with E-state index in [1.165, 1.54) is 0 Å². The largest absolute Gasteiger partial charge is 0.493 e. The summed E-state index contributed by atoms with van der Waals surface area (Å²) in [6.45, 7) is -0.122. The van der Waals surface area contributed by atoms with Crippen LogP contribution in [0, 0.1) is 0 Å². The van der Waals surface area contributed by atoms with Gasteiger partial charge >= 0.3 is 0 Å². The summed E-state index contributed by atoms with van der Waals surface area (Å²) in [4.78, 5) is 0. The van der Waals surface area contributed by atoms with E-state index in [1.807, 2.05) is 12.1 Å². The highest BCUT2D eigenvalue weighted by Crippen LogP contribution is 2.33. The summed E-state index contributed by atoms with van der Waals surface area (Å²) in [5, 5.41) is 8.95. The van der Waals surface area contributed by atoms with Gasteiger partial charge in [-0.3, -0.25) is 0 Å². The van der Waals surface area contributed by atoms with Crippen LogP contribution in [0.15, 0.2) is 18.2 Å². The fraction of sp³-hybridized carbons (Fsp3) is 0.400. The van der Waals surface area contributed by atoms with E-state index in [1.54, 1.807) is 20.3 Å². The molecule has 0 aliphatic heterocycles. The average molecular weight is 197 g/mol. The molecule has 0 amide bonds. The second-order valence-corrected chi connectivity index (χ2v) is 2.87. The first-order chi connectivity index (χ1) is 6.74. The number of hydrogen-bond acceptors (Lipinski definition) is 4. The first-order valence-corrected chi connectivity index (χ1v) is 4.32. The summed E-state index contributed by atoms with van der Waals surface area (Å²) in [5.41, 5.74) is 6.45. The number of ether oxygens (including phenoxy) is 2. The van der Waals surface area contributed by atoms with Crippen LogP contribution in [0.4, 0.5) is 0 Å². The van der Waals surface area contributed by atoms with Gasteiger partial charge in [-0.25, -0.2) is 0 Å². The predicted octanol–water partition coefficient (Wildman–Crippen LogP) is 0.696. The predicted molar refractivity (Wildman–Crippen MR) is 53.6 cm³/mol. The third-order valence-electron chi connectivity index (χ3n) is 2.03. The van der Waals surface area contributed by atoms with Crippen molar-refractivity contribution in [2.45, 2.75) is 6.04 Å². The lowest BCUT2D eigenvalue weighted by molar-refractivity contribution is 0.263. The lowest BCUT2D eigenvalue weighted by Crippen LogP contribution is -2.15. The molecule has 0 saturated carbocycles. The molecule has 1 aromatic carbocycles. The van der Waals surface area contributed by atoms with E-state index >= 15 is 0 Å². The molecular weight excluding hydrogens is 182 g/mol. The molecular formula is C10H15NO3. The van der Waals surface area contributed by atoms with Gasteiger partial charge in [0, 0.05) is 5.56 Å². The molecule has 4 heteroatoms. The fourth-order valence-electron chi connectivity index (χ4n) is 1.30. The first-order valence-electron chi connectivity index (χ1n) is 4.32. The average Bonchev–Trinajstić information content (AvgIpc) is 2.26. The molecule has 0 heterocycles. The lowest BCUT2D eigenvalue weighted by atomic mass is 10.1. The second-order valence-electron chi connectivity index (χ2n) is 2.87. The zero-order valence-electron chi connectivity index (χ0n) is 8.36. The summed E-state index contributed by atoms with van der Waals surface area (Å²) in [6.07, 6.45) is 0. The van der Waals surface area contributed by atoms with E-state index in [0.717, 1.165) is 5.56 Å². The number of hydrogen-bond donors (Lipinski definition) is 2. The van der Waals surface area contributed by atoms with Gasteiger partial charge in [-0.15, -0.1) is 0 Å². The molecule has 0 aliphatic rings. The van der Waals surface area contributed by atoms with Gasteiger partial charge in [0.15, 0.2) is 11.5 Å². The minimum absolute atomic E-state index is 0.122. The maximum atomic E-state index is 8.95. The Bertz CT molecular complexity index is 301. The van der Waals surface area contributed by atoms with Gasteiger partial charge in [-0.2, -0.15) is 0 Å². The number of rotatable bonds is 4. The Morgan fingerprint density at radius 3 is 2.57 bits per heavy atom. The second kappa shape index (κ2) is 4.83. The van der Waals surface area contributed by atoms with Gasteiger partial charge in [0.25, 0.3) is 0 Å². The van der Waals surface area contributed by atoms with Crippen LogP contribution in [-0.4, -0.2) is 25.9 Å². The molecule has 0 aromatic heterocycles. The topological polar surface area (TPSA) is 64.7 Å². The Morgan fingerprint density at radius 1 is 1.36 bits per heavy atom. The Labute approximate surface area is 83.3 Å². The molecule has 1 rings (SSSR count). The van der Waals surface area contributed by atoms with Crippen LogP contribution in [0.1, 0.15) is 11.6 Å². The number of aliphatic hydroxyl groups is 1. The van der Waals surface area contributed by atoms with Gasteiger partial charge in [0.1, 0.15) is 0 Å². The fourth-order valence-corrected chi connectivity index (χ4v) is 1.30. The quantitative estimate of drug-likeness (QED) is 0.745. The van der Waals surface area contributed by atoms with Crippen LogP contribution < -0.4 is 15.2 Å². The molecule has 0 saturated heterocycles. The van der Waals surface area contributed by atoms with Crippen molar-refractivity contribution < 1.29 is 14.6 Å². The highest BCUT2D eigenvalue weighted by atomic mass is 16.5. The van der Waals surface area contributed by atoms with Gasteiger partial charge in [0.05, 0.1) is 26.9 Å². The van der Waals surface area contributed by atoms with Gasteiger partial charge < -0.3 is 20.3 Å². The normalized spacial score (nSPS) is 12.3. The van der Waals surface area contributed by atoms with E-state index in [9.17, 15) is 0 Å².